The number of oxazole rings is 1. The smallest absolute Gasteiger partial charge is 0.226 e. The molecule has 8 heteroatoms. The van der Waals surface area contributed by atoms with Crippen molar-refractivity contribution in [1.29, 1.82) is 0 Å². The molecule has 7 nitrogen and oxygen atoms in total. The van der Waals surface area contributed by atoms with Gasteiger partial charge in [-0.25, -0.2) is 19.3 Å². The summed E-state index contributed by atoms with van der Waals surface area (Å²) in [5, 5.41) is 0. The second kappa shape index (κ2) is 7.93. The van der Waals surface area contributed by atoms with Crippen molar-refractivity contribution in [3.05, 3.63) is 53.9 Å². The van der Waals surface area contributed by atoms with Gasteiger partial charge in [-0.1, -0.05) is 0 Å². The van der Waals surface area contributed by atoms with Crippen LogP contribution in [0.2, 0.25) is 0 Å². The van der Waals surface area contributed by atoms with Gasteiger partial charge in [-0.05, 0) is 31.2 Å². The lowest BCUT2D eigenvalue weighted by Gasteiger charge is -2.34. The zero-order chi connectivity index (χ0) is 19.5. The van der Waals surface area contributed by atoms with Crippen LogP contribution in [-0.2, 0) is 6.54 Å². The van der Waals surface area contributed by atoms with Crippen molar-refractivity contribution < 1.29 is 13.5 Å². The van der Waals surface area contributed by atoms with E-state index < -0.39 is 5.82 Å². The highest BCUT2D eigenvalue weighted by Crippen LogP contribution is 2.28. The molecule has 2 aromatic heterocycles. The van der Waals surface area contributed by atoms with E-state index in [1.807, 2.05) is 13.0 Å². The SMILES string of the molecule is COc1cc(-c2nc(CN3CCN(c4ncccn4)CC3)c(C)o2)ccc1F. The number of nitrogens with zero attached hydrogens (tertiary/aromatic N) is 5. The Bertz CT molecular complexity index is 939. The number of rotatable bonds is 5. The largest absolute Gasteiger partial charge is 0.494 e. The van der Waals surface area contributed by atoms with Crippen molar-refractivity contribution in [3.8, 4) is 17.2 Å². The van der Waals surface area contributed by atoms with Crippen molar-refractivity contribution in [3.63, 3.8) is 0 Å². The van der Waals surface area contributed by atoms with Crippen LogP contribution < -0.4 is 9.64 Å². The Morgan fingerprint density at radius 3 is 2.61 bits per heavy atom. The molecule has 0 spiro atoms. The normalized spacial score (nSPS) is 15.0. The predicted molar refractivity (Wildman–Crippen MR) is 103 cm³/mol. The van der Waals surface area contributed by atoms with E-state index in [-0.39, 0.29) is 5.75 Å². The average molecular weight is 383 g/mol. The van der Waals surface area contributed by atoms with Crippen LogP contribution in [0.15, 0.2) is 41.1 Å². The minimum Gasteiger partial charge on any atom is -0.494 e. The molecule has 0 aliphatic carbocycles. The molecule has 1 saturated heterocycles. The third-order valence-corrected chi connectivity index (χ3v) is 4.87. The maximum Gasteiger partial charge on any atom is 0.226 e. The number of halogens is 1. The van der Waals surface area contributed by atoms with Gasteiger partial charge in [0.05, 0.1) is 12.8 Å². The van der Waals surface area contributed by atoms with Gasteiger partial charge in [0.15, 0.2) is 11.6 Å². The maximum atomic E-state index is 13.6. The highest BCUT2D eigenvalue weighted by Gasteiger charge is 2.21. The van der Waals surface area contributed by atoms with Crippen molar-refractivity contribution in [2.45, 2.75) is 13.5 Å². The fourth-order valence-electron chi connectivity index (χ4n) is 3.26. The molecular formula is C20H22FN5O2. The van der Waals surface area contributed by atoms with Gasteiger partial charge in [-0.15, -0.1) is 0 Å². The Morgan fingerprint density at radius 2 is 1.89 bits per heavy atom. The van der Waals surface area contributed by atoms with Gasteiger partial charge in [-0.2, -0.15) is 0 Å². The van der Waals surface area contributed by atoms with Gasteiger partial charge in [-0.3, -0.25) is 4.90 Å². The number of aryl methyl sites for hydroxylation is 1. The van der Waals surface area contributed by atoms with E-state index in [0.29, 0.717) is 18.0 Å². The highest BCUT2D eigenvalue weighted by atomic mass is 19.1. The Hall–Kier alpha value is -3.00. The molecule has 0 atom stereocenters. The van der Waals surface area contributed by atoms with Crippen LogP contribution >= 0.6 is 0 Å². The average Bonchev–Trinajstić information content (AvgIpc) is 3.10. The summed E-state index contributed by atoms with van der Waals surface area (Å²) >= 11 is 0. The quantitative estimate of drug-likeness (QED) is 0.671. The summed E-state index contributed by atoms with van der Waals surface area (Å²) in [5.74, 6) is 1.78. The maximum absolute atomic E-state index is 13.6. The van der Waals surface area contributed by atoms with Gasteiger partial charge in [0.25, 0.3) is 0 Å². The topological polar surface area (TPSA) is 67.5 Å². The van der Waals surface area contributed by atoms with Gasteiger partial charge in [0.2, 0.25) is 11.8 Å². The zero-order valence-corrected chi connectivity index (χ0v) is 15.9. The summed E-state index contributed by atoms with van der Waals surface area (Å²) in [6.07, 6.45) is 3.53. The first-order valence-corrected chi connectivity index (χ1v) is 9.18. The molecule has 0 bridgehead atoms. The van der Waals surface area contributed by atoms with Gasteiger partial charge < -0.3 is 14.1 Å². The number of hydrogen-bond acceptors (Lipinski definition) is 7. The molecule has 3 heterocycles. The van der Waals surface area contributed by atoms with E-state index in [4.69, 9.17) is 9.15 Å². The lowest BCUT2D eigenvalue weighted by atomic mass is 10.2. The van der Waals surface area contributed by atoms with E-state index in [9.17, 15) is 4.39 Å². The van der Waals surface area contributed by atoms with E-state index in [2.05, 4.69) is 24.8 Å². The summed E-state index contributed by atoms with van der Waals surface area (Å²) in [6, 6.07) is 6.42. The molecule has 0 radical (unpaired) electrons. The molecule has 1 aliphatic heterocycles. The first kappa shape index (κ1) is 18.4. The lowest BCUT2D eigenvalue weighted by molar-refractivity contribution is 0.245. The Morgan fingerprint density at radius 1 is 1.14 bits per heavy atom. The molecule has 146 valence electrons. The number of anilines is 1. The monoisotopic (exact) mass is 383 g/mol. The molecule has 0 unspecified atom stereocenters. The van der Waals surface area contributed by atoms with Crippen LogP contribution in [0.4, 0.5) is 10.3 Å². The van der Waals surface area contributed by atoms with E-state index in [0.717, 1.165) is 43.6 Å². The predicted octanol–water partition coefficient (Wildman–Crippen LogP) is 2.91. The second-order valence-corrected chi connectivity index (χ2v) is 6.68. The number of benzene rings is 1. The van der Waals surface area contributed by atoms with E-state index in [1.54, 1.807) is 24.5 Å². The summed E-state index contributed by atoms with van der Waals surface area (Å²) in [6.45, 7) is 6.12. The van der Waals surface area contributed by atoms with Crippen molar-refractivity contribution >= 4 is 5.95 Å². The van der Waals surface area contributed by atoms with Crippen molar-refractivity contribution in [1.82, 2.24) is 19.9 Å². The van der Waals surface area contributed by atoms with Crippen molar-refractivity contribution in [2.24, 2.45) is 0 Å². The van der Waals surface area contributed by atoms with Crippen LogP contribution in [0.25, 0.3) is 11.5 Å². The summed E-state index contributed by atoms with van der Waals surface area (Å²) < 4.78 is 24.5. The summed E-state index contributed by atoms with van der Waals surface area (Å²) in [4.78, 5) is 17.8. The van der Waals surface area contributed by atoms with Crippen molar-refractivity contribution in [2.75, 3.05) is 38.2 Å². The van der Waals surface area contributed by atoms with Crippen LogP contribution in [0.5, 0.6) is 5.75 Å². The molecule has 4 rings (SSSR count). The Balaban J connectivity index is 1.42. The fraction of sp³-hybridized carbons (Fsp3) is 0.350. The minimum absolute atomic E-state index is 0.175. The molecule has 1 aliphatic rings. The molecule has 0 N–H and O–H groups in total. The summed E-state index contributed by atoms with van der Waals surface area (Å²) in [5.41, 5.74) is 1.58. The number of aromatic nitrogens is 3. The number of ether oxygens (including phenoxy) is 1. The molecule has 1 aromatic carbocycles. The molecule has 0 saturated carbocycles. The fourth-order valence-corrected chi connectivity index (χ4v) is 3.26. The Labute approximate surface area is 162 Å². The van der Waals surface area contributed by atoms with Crippen LogP contribution in [0.3, 0.4) is 0 Å². The van der Waals surface area contributed by atoms with Crippen LogP contribution in [0.1, 0.15) is 11.5 Å². The first-order chi connectivity index (χ1) is 13.6. The second-order valence-electron chi connectivity index (χ2n) is 6.68. The zero-order valence-electron chi connectivity index (χ0n) is 15.9. The lowest BCUT2D eigenvalue weighted by Crippen LogP contribution is -2.46. The highest BCUT2D eigenvalue weighted by molar-refractivity contribution is 5.56. The standard InChI is InChI=1S/C20H22FN5O2/c1-14-17(24-19(28-14)15-4-5-16(21)18(12-15)27-2)13-25-8-10-26(11-9-25)20-22-6-3-7-23-20/h3-7,12H,8-11,13H2,1-2H3. The van der Waals surface area contributed by atoms with Gasteiger partial charge in [0.1, 0.15) is 5.76 Å². The van der Waals surface area contributed by atoms with Gasteiger partial charge in [0, 0.05) is 50.7 Å². The van der Waals surface area contributed by atoms with Crippen LogP contribution in [-0.4, -0.2) is 53.1 Å². The number of piperazine rings is 1. The molecule has 28 heavy (non-hydrogen) atoms. The molecule has 3 aromatic rings. The third-order valence-electron chi connectivity index (χ3n) is 4.87. The molecule has 1 fully saturated rings. The van der Waals surface area contributed by atoms with Crippen LogP contribution in [0, 0.1) is 12.7 Å². The molecular weight excluding hydrogens is 361 g/mol. The third kappa shape index (κ3) is 3.82. The Kier molecular flexibility index (Phi) is 5.21. The number of methoxy groups -OCH3 is 1. The summed E-state index contributed by atoms with van der Waals surface area (Å²) in [7, 11) is 1.44. The van der Waals surface area contributed by atoms with E-state index in [1.165, 1.54) is 13.2 Å². The van der Waals surface area contributed by atoms with Gasteiger partial charge >= 0.3 is 0 Å². The van der Waals surface area contributed by atoms with E-state index >= 15 is 0 Å². The molecule has 0 amide bonds. The first-order valence-electron chi connectivity index (χ1n) is 9.18. The minimum atomic E-state index is -0.407. The number of hydrogen-bond donors (Lipinski definition) is 0.